The molecular weight excluding hydrogens is 338 g/mol. The van der Waals surface area contributed by atoms with Crippen molar-refractivity contribution in [3.8, 4) is 0 Å². The number of anilines is 3. The average molecular weight is 350 g/mol. The number of halogens is 6. The van der Waals surface area contributed by atoms with Crippen molar-refractivity contribution >= 4 is 17.5 Å². The van der Waals surface area contributed by atoms with Crippen LogP contribution in [0.15, 0.2) is 18.2 Å². The summed E-state index contributed by atoms with van der Waals surface area (Å²) in [7, 11) is 0. The Morgan fingerprint density at radius 1 is 1.00 bits per heavy atom. The lowest BCUT2D eigenvalue weighted by atomic mass is 10.2. The minimum absolute atomic E-state index is 0.288. The van der Waals surface area contributed by atoms with Crippen LogP contribution in [0.2, 0.25) is 0 Å². The van der Waals surface area contributed by atoms with E-state index in [4.69, 9.17) is 0 Å². The third kappa shape index (κ3) is 4.06. The van der Waals surface area contributed by atoms with Gasteiger partial charge in [0.05, 0.1) is 0 Å². The lowest BCUT2D eigenvalue weighted by molar-refractivity contribution is -0.141. The molecule has 130 valence electrons. The van der Waals surface area contributed by atoms with Crippen LogP contribution in [0.4, 0.5) is 43.8 Å². The van der Waals surface area contributed by atoms with Crippen molar-refractivity contribution in [2.24, 2.45) is 0 Å². The highest BCUT2D eigenvalue weighted by Crippen LogP contribution is 2.31. The van der Waals surface area contributed by atoms with Gasteiger partial charge in [-0.25, -0.2) is 18.2 Å². The molecule has 0 radical (unpaired) electrons. The van der Waals surface area contributed by atoms with Crippen LogP contribution < -0.4 is 10.6 Å². The van der Waals surface area contributed by atoms with Crippen LogP contribution in [0.1, 0.15) is 19.5 Å². The first-order valence-electron chi connectivity index (χ1n) is 6.71. The molecule has 10 heteroatoms. The molecule has 0 aliphatic heterocycles. The number of hydrogen-bond acceptors (Lipinski definition) is 4. The highest BCUT2D eigenvalue weighted by molar-refractivity contribution is 5.59. The molecule has 1 aromatic carbocycles. The third-order valence-corrected chi connectivity index (χ3v) is 2.73. The zero-order chi connectivity index (χ0) is 18.1. The summed E-state index contributed by atoms with van der Waals surface area (Å²) in [6.45, 7) is 3.28. The van der Waals surface area contributed by atoms with E-state index in [1.54, 1.807) is 13.8 Å². The second kappa shape index (κ2) is 6.54. The van der Waals surface area contributed by atoms with Crippen LogP contribution in [0, 0.1) is 17.5 Å². The fraction of sp³-hybridized carbons (Fsp3) is 0.286. The van der Waals surface area contributed by atoms with Crippen molar-refractivity contribution in [2.75, 3.05) is 10.6 Å². The minimum Gasteiger partial charge on any atom is -0.352 e. The number of nitrogens with zero attached hydrogens (tertiary/aromatic N) is 2. The van der Waals surface area contributed by atoms with Gasteiger partial charge in [0.25, 0.3) is 0 Å². The largest absolute Gasteiger partial charge is 0.433 e. The molecule has 1 heterocycles. The van der Waals surface area contributed by atoms with Crippen molar-refractivity contribution in [1.29, 1.82) is 0 Å². The lowest BCUT2D eigenvalue weighted by Crippen LogP contribution is -2.17. The van der Waals surface area contributed by atoms with Gasteiger partial charge < -0.3 is 10.6 Å². The van der Waals surface area contributed by atoms with E-state index in [-0.39, 0.29) is 12.0 Å². The molecule has 0 amide bonds. The summed E-state index contributed by atoms with van der Waals surface area (Å²) in [4.78, 5) is 7.01. The number of alkyl halides is 3. The summed E-state index contributed by atoms with van der Waals surface area (Å²) in [5, 5.41) is 4.59. The van der Waals surface area contributed by atoms with Crippen molar-refractivity contribution in [3.05, 3.63) is 41.3 Å². The van der Waals surface area contributed by atoms with E-state index in [1.807, 2.05) is 5.32 Å². The van der Waals surface area contributed by atoms with Gasteiger partial charge in [0.15, 0.2) is 17.3 Å². The first-order valence-corrected chi connectivity index (χ1v) is 6.71. The monoisotopic (exact) mass is 350 g/mol. The molecule has 2 aromatic rings. The Labute approximate surface area is 132 Å². The first-order chi connectivity index (χ1) is 11.1. The number of benzene rings is 1. The predicted octanol–water partition coefficient (Wildman–Crippen LogP) is 4.48. The SMILES string of the molecule is CC(C)Nc1nc(Nc2c(F)ccc(F)c2F)cc(C(F)(F)F)n1. The molecule has 0 fully saturated rings. The molecule has 0 aliphatic rings. The Morgan fingerprint density at radius 3 is 2.21 bits per heavy atom. The van der Waals surface area contributed by atoms with Gasteiger partial charge in [0.1, 0.15) is 17.3 Å². The molecule has 0 spiro atoms. The second-order valence-electron chi connectivity index (χ2n) is 5.10. The normalized spacial score (nSPS) is 11.7. The lowest BCUT2D eigenvalue weighted by Gasteiger charge is -2.14. The zero-order valence-electron chi connectivity index (χ0n) is 12.5. The van der Waals surface area contributed by atoms with Crippen LogP contribution in [0.25, 0.3) is 0 Å². The van der Waals surface area contributed by atoms with E-state index in [0.717, 1.165) is 0 Å². The Balaban J connectivity index is 2.48. The van der Waals surface area contributed by atoms with Crippen molar-refractivity contribution in [3.63, 3.8) is 0 Å². The van der Waals surface area contributed by atoms with Crippen molar-refractivity contribution in [1.82, 2.24) is 9.97 Å². The molecule has 2 rings (SSSR count). The van der Waals surface area contributed by atoms with Crippen LogP contribution in [0.3, 0.4) is 0 Å². The zero-order valence-corrected chi connectivity index (χ0v) is 12.5. The number of aromatic nitrogens is 2. The summed E-state index contributed by atoms with van der Waals surface area (Å²) in [5.41, 5.74) is -2.27. The molecule has 0 bridgehead atoms. The maximum Gasteiger partial charge on any atom is 0.433 e. The molecule has 2 N–H and O–H groups in total. The van der Waals surface area contributed by atoms with E-state index in [1.165, 1.54) is 0 Å². The summed E-state index contributed by atoms with van der Waals surface area (Å²) < 4.78 is 79.1. The van der Waals surface area contributed by atoms with Crippen LogP contribution in [-0.2, 0) is 6.18 Å². The van der Waals surface area contributed by atoms with Gasteiger partial charge in [-0.2, -0.15) is 18.2 Å². The Hall–Kier alpha value is -2.52. The summed E-state index contributed by atoms with van der Waals surface area (Å²) >= 11 is 0. The summed E-state index contributed by atoms with van der Waals surface area (Å²) in [5.74, 6) is -5.03. The molecule has 0 saturated carbocycles. The van der Waals surface area contributed by atoms with Gasteiger partial charge >= 0.3 is 6.18 Å². The maximum atomic E-state index is 13.6. The van der Waals surface area contributed by atoms with Gasteiger partial charge in [0, 0.05) is 12.1 Å². The quantitative estimate of drug-likeness (QED) is 0.631. The number of hydrogen-bond donors (Lipinski definition) is 2. The van der Waals surface area contributed by atoms with Gasteiger partial charge in [0.2, 0.25) is 5.95 Å². The molecule has 1 aromatic heterocycles. The van der Waals surface area contributed by atoms with E-state index >= 15 is 0 Å². The highest BCUT2D eigenvalue weighted by Gasteiger charge is 2.34. The molecule has 0 aliphatic carbocycles. The Bertz CT molecular complexity index is 745. The number of nitrogens with one attached hydrogen (secondary N) is 2. The van der Waals surface area contributed by atoms with Gasteiger partial charge in [-0.15, -0.1) is 0 Å². The molecule has 0 atom stereocenters. The molecule has 4 nitrogen and oxygen atoms in total. The fourth-order valence-electron chi connectivity index (χ4n) is 1.75. The van der Waals surface area contributed by atoms with Gasteiger partial charge in [-0.1, -0.05) is 0 Å². The predicted molar refractivity (Wildman–Crippen MR) is 75.4 cm³/mol. The van der Waals surface area contributed by atoms with E-state index in [2.05, 4.69) is 15.3 Å². The van der Waals surface area contributed by atoms with Crippen molar-refractivity contribution < 1.29 is 26.3 Å². The maximum absolute atomic E-state index is 13.6. The smallest absolute Gasteiger partial charge is 0.352 e. The topological polar surface area (TPSA) is 49.8 Å². The van der Waals surface area contributed by atoms with Crippen LogP contribution in [-0.4, -0.2) is 16.0 Å². The highest BCUT2D eigenvalue weighted by atomic mass is 19.4. The third-order valence-electron chi connectivity index (χ3n) is 2.73. The molecular formula is C14H12F6N4. The first kappa shape index (κ1) is 17.8. The van der Waals surface area contributed by atoms with Crippen molar-refractivity contribution in [2.45, 2.75) is 26.1 Å². The van der Waals surface area contributed by atoms with Gasteiger partial charge in [-0.3, -0.25) is 0 Å². The van der Waals surface area contributed by atoms with Crippen LogP contribution >= 0.6 is 0 Å². The molecule has 0 unspecified atom stereocenters. The fourth-order valence-corrected chi connectivity index (χ4v) is 1.75. The minimum atomic E-state index is -4.80. The second-order valence-corrected chi connectivity index (χ2v) is 5.10. The standard InChI is InChI=1S/C14H12F6N4/c1-6(2)21-13-22-9(14(18,19)20)5-10(24-13)23-12-8(16)4-3-7(15)11(12)17/h3-6H,1-2H3,(H2,21,22,23,24). The van der Waals surface area contributed by atoms with E-state index < -0.39 is 40.8 Å². The van der Waals surface area contributed by atoms with E-state index in [0.29, 0.717) is 18.2 Å². The van der Waals surface area contributed by atoms with E-state index in [9.17, 15) is 26.3 Å². The summed E-state index contributed by atoms with van der Waals surface area (Å²) in [6.07, 6.45) is -4.80. The number of rotatable bonds is 4. The Kier molecular flexibility index (Phi) is 4.86. The molecule has 0 saturated heterocycles. The summed E-state index contributed by atoms with van der Waals surface area (Å²) in [6, 6.07) is 1.38. The molecule has 24 heavy (non-hydrogen) atoms. The average Bonchev–Trinajstić information content (AvgIpc) is 2.46. The van der Waals surface area contributed by atoms with Gasteiger partial charge in [-0.05, 0) is 26.0 Å². The van der Waals surface area contributed by atoms with Crippen LogP contribution in [0.5, 0.6) is 0 Å². The Morgan fingerprint density at radius 2 is 1.62 bits per heavy atom.